The predicted molar refractivity (Wildman–Crippen MR) is 132 cm³/mol. The van der Waals surface area contributed by atoms with E-state index in [1.54, 1.807) is 0 Å². The molecule has 7 rings (SSSR count). The van der Waals surface area contributed by atoms with Crippen molar-refractivity contribution in [3.63, 3.8) is 0 Å². The van der Waals surface area contributed by atoms with Gasteiger partial charge < -0.3 is 19.9 Å². The van der Waals surface area contributed by atoms with Crippen LogP contribution >= 0.6 is 0 Å². The summed E-state index contributed by atoms with van der Waals surface area (Å²) in [4.78, 5) is 25.5. The van der Waals surface area contributed by atoms with Gasteiger partial charge in [-0.2, -0.15) is 0 Å². The lowest BCUT2D eigenvalue weighted by Crippen LogP contribution is -2.44. The number of rotatable bonds is 4. The standard InChI is InChI=1S/C26H29N7O/c1-2-16(3-1)20-13-28-14-22-23(20)26(33-9-7-27-8-10-33)32-25(31-22)18-4-6-29-24-19(18)12-21(30-24)17-5-11-34-15-17/h4,6,12-14,16-17,27H,1-3,5,7-11,15H2,(H,29,30). The monoisotopic (exact) mass is 455 g/mol. The fraction of sp³-hybridized carbons (Fsp3) is 0.462. The van der Waals surface area contributed by atoms with Gasteiger partial charge in [-0.05, 0) is 42.9 Å². The van der Waals surface area contributed by atoms with Crippen LogP contribution in [0, 0.1) is 0 Å². The van der Waals surface area contributed by atoms with E-state index in [0.29, 0.717) is 11.8 Å². The Bertz CT molecular complexity index is 1350. The average molecular weight is 456 g/mol. The van der Waals surface area contributed by atoms with Crippen LogP contribution in [-0.4, -0.2) is 64.3 Å². The molecule has 8 nitrogen and oxygen atoms in total. The number of hydrogen-bond acceptors (Lipinski definition) is 7. The number of pyridine rings is 2. The zero-order valence-electron chi connectivity index (χ0n) is 19.3. The van der Waals surface area contributed by atoms with Crippen LogP contribution in [0.1, 0.15) is 48.8 Å². The van der Waals surface area contributed by atoms with E-state index in [1.165, 1.54) is 35.9 Å². The molecule has 1 saturated carbocycles. The smallest absolute Gasteiger partial charge is 0.163 e. The van der Waals surface area contributed by atoms with Crippen LogP contribution < -0.4 is 10.2 Å². The molecule has 4 aromatic heterocycles. The minimum absolute atomic E-state index is 0.394. The van der Waals surface area contributed by atoms with Crippen molar-refractivity contribution in [2.45, 2.75) is 37.5 Å². The van der Waals surface area contributed by atoms with Gasteiger partial charge in [0.25, 0.3) is 0 Å². The SMILES string of the molecule is c1cc(-c2nc(N3CCNCC3)c3c(C4CCC4)cncc3n2)c2cc(C3CCOC3)[nH]c2n1. The van der Waals surface area contributed by atoms with Crippen LogP contribution in [0.2, 0.25) is 0 Å². The Kier molecular flexibility index (Phi) is 4.94. The second-order valence-electron chi connectivity index (χ2n) is 9.76. The van der Waals surface area contributed by atoms with Crippen LogP contribution in [0.4, 0.5) is 5.82 Å². The van der Waals surface area contributed by atoms with Gasteiger partial charge in [-0.3, -0.25) is 4.98 Å². The van der Waals surface area contributed by atoms with E-state index in [0.717, 1.165) is 79.6 Å². The van der Waals surface area contributed by atoms with Gasteiger partial charge in [0.05, 0.1) is 18.3 Å². The van der Waals surface area contributed by atoms with Gasteiger partial charge in [0, 0.05) is 73.1 Å². The van der Waals surface area contributed by atoms with Crippen molar-refractivity contribution in [1.29, 1.82) is 0 Å². The van der Waals surface area contributed by atoms with Gasteiger partial charge in [-0.1, -0.05) is 6.42 Å². The third-order valence-electron chi connectivity index (χ3n) is 7.74. The molecule has 3 aliphatic rings. The molecule has 1 aliphatic carbocycles. The zero-order valence-corrected chi connectivity index (χ0v) is 19.3. The molecule has 1 atom stereocenters. The fourth-order valence-corrected chi connectivity index (χ4v) is 5.59. The highest BCUT2D eigenvalue weighted by Gasteiger charge is 2.27. The number of aromatic nitrogens is 5. The van der Waals surface area contributed by atoms with Crippen LogP contribution in [0.25, 0.3) is 33.3 Å². The highest BCUT2D eigenvalue weighted by atomic mass is 16.5. The number of piperazine rings is 1. The normalized spacial score (nSPS) is 21.4. The Morgan fingerprint density at radius 2 is 1.94 bits per heavy atom. The minimum Gasteiger partial charge on any atom is -0.381 e. The summed E-state index contributed by atoms with van der Waals surface area (Å²) in [5.41, 5.74) is 5.33. The van der Waals surface area contributed by atoms with Crippen molar-refractivity contribution in [2.24, 2.45) is 0 Å². The molecular formula is C26H29N7O. The number of hydrogen-bond donors (Lipinski definition) is 2. The molecule has 0 spiro atoms. The van der Waals surface area contributed by atoms with Crippen molar-refractivity contribution in [3.8, 4) is 11.4 Å². The van der Waals surface area contributed by atoms with Gasteiger partial charge >= 0.3 is 0 Å². The van der Waals surface area contributed by atoms with E-state index in [9.17, 15) is 0 Å². The number of nitrogens with zero attached hydrogens (tertiary/aromatic N) is 5. The summed E-state index contributed by atoms with van der Waals surface area (Å²) in [6, 6.07) is 4.26. The summed E-state index contributed by atoms with van der Waals surface area (Å²) in [7, 11) is 0. The van der Waals surface area contributed by atoms with Crippen molar-refractivity contribution in [2.75, 3.05) is 44.3 Å². The van der Waals surface area contributed by atoms with Crippen molar-refractivity contribution < 1.29 is 4.74 Å². The molecule has 3 fully saturated rings. The Hall–Kier alpha value is -3.10. The topological polar surface area (TPSA) is 91.9 Å². The Morgan fingerprint density at radius 1 is 1.03 bits per heavy atom. The summed E-state index contributed by atoms with van der Waals surface area (Å²) >= 11 is 0. The lowest BCUT2D eigenvalue weighted by atomic mass is 9.79. The molecule has 1 unspecified atom stereocenters. The zero-order chi connectivity index (χ0) is 22.5. The predicted octanol–water partition coefficient (Wildman–Crippen LogP) is 3.75. The highest BCUT2D eigenvalue weighted by Crippen LogP contribution is 2.42. The number of anilines is 1. The summed E-state index contributed by atoms with van der Waals surface area (Å²) in [6.45, 7) is 5.40. The number of fused-ring (bicyclic) bond motifs is 2. The molecule has 2 aliphatic heterocycles. The Labute approximate surface area is 198 Å². The van der Waals surface area contributed by atoms with E-state index in [2.05, 4.69) is 31.2 Å². The molecule has 0 bridgehead atoms. The molecule has 8 heteroatoms. The van der Waals surface area contributed by atoms with Gasteiger partial charge in [-0.25, -0.2) is 15.0 Å². The van der Waals surface area contributed by atoms with E-state index < -0.39 is 0 Å². The fourth-order valence-electron chi connectivity index (χ4n) is 5.59. The van der Waals surface area contributed by atoms with Gasteiger partial charge in [-0.15, -0.1) is 0 Å². The maximum atomic E-state index is 5.62. The van der Waals surface area contributed by atoms with Crippen LogP contribution in [-0.2, 0) is 4.74 Å². The lowest BCUT2D eigenvalue weighted by molar-refractivity contribution is 0.193. The van der Waals surface area contributed by atoms with E-state index in [4.69, 9.17) is 14.7 Å². The number of aromatic amines is 1. The van der Waals surface area contributed by atoms with Crippen molar-refractivity contribution in [1.82, 2.24) is 30.2 Å². The Morgan fingerprint density at radius 3 is 2.74 bits per heavy atom. The molecule has 0 amide bonds. The highest BCUT2D eigenvalue weighted by molar-refractivity contribution is 5.97. The first-order valence-corrected chi connectivity index (χ1v) is 12.5. The third-order valence-corrected chi connectivity index (χ3v) is 7.74. The lowest BCUT2D eigenvalue weighted by Gasteiger charge is -2.32. The molecule has 4 aromatic rings. The Balaban J connectivity index is 1.41. The van der Waals surface area contributed by atoms with E-state index in [1.807, 2.05) is 24.7 Å². The molecule has 6 heterocycles. The number of ether oxygens (including phenoxy) is 1. The maximum absolute atomic E-state index is 5.62. The molecule has 2 saturated heterocycles. The van der Waals surface area contributed by atoms with Crippen LogP contribution in [0.5, 0.6) is 0 Å². The van der Waals surface area contributed by atoms with E-state index >= 15 is 0 Å². The largest absolute Gasteiger partial charge is 0.381 e. The molecule has 174 valence electrons. The number of H-pyrrole nitrogens is 1. The maximum Gasteiger partial charge on any atom is 0.163 e. The first-order chi connectivity index (χ1) is 16.8. The molecule has 2 N–H and O–H groups in total. The van der Waals surface area contributed by atoms with Crippen molar-refractivity contribution in [3.05, 3.63) is 42.0 Å². The molecule has 0 radical (unpaired) electrons. The minimum atomic E-state index is 0.394. The van der Waals surface area contributed by atoms with E-state index in [-0.39, 0.29) is 0 Å². The summed E-state index contributed by atoms with van der Waals surface area (Å²) in [5.74, 6) is 2.76. The van der Waals surface area contributed by atoms with Gasteiger partial charge in [0.1, 0.15) is 11.5 Å². The second-order valence-corrected chi connectivity index (χ2v) is 9.76. The van der Waals surface area contributed by atoms with Gasteiger partial charge in [0.15, 0.2) is 5.82 Å². The summed E-state index contributed by atoms with van der Waals surface area (Å²) in [6.07, 6.45) is 10.6. The molecule has 0 aromatic carbocycles. The van der Waals surface area contributed by atoms with Crippen LogP contribution in [0.3, 0.4) is 0 Å². The van der Waals surface area contributed by atoms with Crippen molar-refractivity contribution >= 4 is 27.8 Å². The molecule has 34 heavy (non-hydrogen) atoms. The number of nitrogens with one attached hydrogen (secondary N) is 2. The van der Waals surface area contributed by atoms with Crippen LogP contribution in [0.15, 0.2) is 30.7 Å². The molecular weight excluding hydrogens is 426 g/mol. The first kappa shape index (κ1) is 20.3. The third kappa shape index (κ3) is 3.35. The summed E-state index contributed by atoms with van der Waals surface area (Å²) < 4.78 is 5.62. The first-order valence-electron chi connectivity index (χ1n) is 12.5. The second kappa shape index (κ2) is 8.29. The summed E-state index contributed by atoms with van der Waals surface area (Å²) in [5, 5.41) is 5.73. The van der Waals surface area contributed by atoms with Gasteiger partial charge in [0.2, 0.25) is 0 Å². The quantitative estimate of drug-likeness (QED) is 0.484. The average Bonchev–Trinajstić information content (AvgIpc) is 3.53.